The average molecular weight is 652 g/mol. The molecule has 0 spiro atoms. The first-order chi connectivity index (χ1) is 24.2. The third-order valence-corrected chi connectivity index (χ3v) is 10.2. The monoisotopic (exact) mass is 651 g/mol. The smallest absolute Gasteiger partial charge is 0.399 e. The number of nitrogens with one attached hydrogen (secondary N) is 2. The molecule has 0 saturated carbocycles. The van der Waals surface area contributed by atoms with E-state index in [2.05, 4.69) is 124 Å². The summed E-state index contributed by atoms with van der Waals surface area (Å²) in [5.74, 6) is 0.176. The fourth-order valence-corrected chi connectivity index (χ4v) is 6.90. The molecule has 0 bridgehead atoms. The van der Waals surface area contributed by atoms with Crippen LogP contribution in [0.2, 0.25) is 0 Å². The molecule has 1 saturated heterocycles. The van der Waals surface area contributed by atoms with Crippen LogP contribution in [0, 0.1) is 5.41 Å². The van der Waals surface area contributed by atoms with Gasteiger partial charge in [-0.1, -0.05) is 127 Å². The average Bonchev–Trinajstić information content (AvgIpc) is 3.36. The normalized spacial score (nSPS) is 15.5. The summed E-state index contributed by atoms with van der Waals surface area (Å²) in [4.78, 5) is 8.30. The minimum absolute atomic E-state index is 0.176. The molecule has 1 aromatic heterocycles. The van der Waals surface area contributed by atoms with Gasteiger partial charge in [-0.25, -0.2) is 4.99 Å². The number of rotatable bonds is 5. The minimum Gasteiger partial charge on any atom is -0.399 e. The molecule has 7 aromatic rings. The Bertz CT molecular complexity index is 2400. The Balaban J connectivity index is 1.26. The van der Waals surface area contributed by atoms with E-state index < -0.39 is 18.3 Å². The molecular weight excluding hydrogens is 613 g/mol. The number of hydrogen-bond acceptors (Lipinski definition) is 3. The number of pyridine rings is 1. The number of fused-ring (bicyclic) bond motifs is 2. The molecule has 8 rings (SSSR count). The lowest BCUT2D eigenvalue weighted by molar-refractivity contribution is 0.00578. The van der Waals surface area contributed by atoms with Crippen molar-refractivity contribution >= 4 is 40.0 Å². The maximum atomic E-state index is 9.23. The molecule has 50 heavy (non-hydrogen) atoms. The summed E-state index contributed by atoms with van der Waals surface area (Å²) in [5, 5.41) is 13.6. The number of hydrogen-bond donors (Lipinski definition) is 2. The van der Waals surface area contributed by atoms with E-state index in [1.165, 1.54) is 0 Å². The highest BCUT2D eigenvalue weighted by Crippen LogP contribution is 2.41. The van der Waals surface area contributed by atoms with Gasteiger partial charge in [-0.15, -0.1) is 0 Å². The van der Waals surface area contributed by atoms with Gasteiger partial charge in [-0.05, 0) is 94.7 Å². The largest absolute Gasteiger partial charge is 0.496 e. The highest BCUT2D eigenvalue weighted by atomic mass is 16.7. The first-order valence-corrected chi connectivity index (χ1v) is 17.1. The SMILES string of the molecule is CC1(C)OB(c2c3ccccc3c(-c3cccc(C(=N)N=c4[nH]cc(-c5ccccc5)cc4-c4ccccc4)c3)c3ccccc23)OC1(C)C. The molecule has 0 radical (unpaired) electrons. The molecule has 0 aliphatic carbocycles. The third kappa shape index (κ3) is 5.57. The van der Waals surface area contributed by atoms with Crippen LogP contribution in [-0.4, -0.2) is 29.1 Å². The van der Waals surface area contributed by atoms with E-state index in [9.17, 15) is 5.41 Å². The van der Waals surface area contributed by atoms with Gasteiger partial charge in [0.25, 0.3) is 0 Å². The molecule has 6 heteroatoms. The first kappa shape index (κ1) is 31.7. The van der Waals surface area contributed by atoms with Crippen molar-refractivity contribution in [1.82, 2.24) is 4.98 Å². The quantitative estimate of drug-likeness (QED) is 0.0843. The lowest BCUT2D eigenvalue weighted by Crippen LogP contribution is -2.41. The highest BCUT2D eigenvalue weighted by Gasteiger charge is 2.52. The Morgan fingerprint density at radius 3 is 1.70 bits per heavy atom. The third-order valence-electron chi connectivity index (χ3n) is 10.2. The van der Waals surface area contributed by atoms with E-state index in [-0.39, 0.29) is 5.84 Å². The Labute approximate surface area is 292 Å². The van der Waals surface area contributed by atoms with Gasteiger partial charge < -0.3 is 14.3 Å². The van der Waals surface area contributed by atoms with E-state index in [1.807, 2.05) is 54.7 Å². The summed E-state index contributed by atoms with van der Waals surface area (Å²) < 4.78 is 13.3. The number of amidine groups is 1. The zero-order chi connectivity index (χ0) is 34.5. The molecule has 244 valence electrons. The van der Waals surface area contributed by atoms with E-state index in [1.54, 1.807) is 0 Å². The van der Waals surface area contributed by atoms with Crippen molar-refractivity contribution in [2.45, 2.75) is 38.9 Å². The van der Waals surface area contributed by atoms with Crippen LogP contribution in [0.15, 0.2) is 151 Å². The second-order valence-electron chi connectivity index (χ2n) is 13.9. The second kappa shape index (κ2) is 12.4. The predicted octanol–water partition coefficient (Wildman–Crippen LogP) is 9.55. The van der Waals surface area contributed by atoms with Gasteiger partial charge in [0, 0.05) is 17.3 Å². The van der Waals surface area contributed by atoms with Crippen LogP contribution in [-0.2, 0) is 9.31 Å². The highest BCUT2D eigenvalue weighted by molar-refractivity contribution is 6.69. The Hall–Kier alpha value is -5.56. The van der Waals surface area contributed by atoms with E-state index in [0.29, 0.717) is 5.49 Å². The topological polar surface area (TPSA) is 70.5 Å². The van der Waals surface area contributed by atoms with Crippen molar-refractivity contribution in [2.24, 2.45) is 4.99 Å². The van der Waals surface area contributed by atoms with Crippen molar-refractivity contribution in [1.29, 1.82) is 5.41 Å². The number of nitrogens with zero attached hydrogens (tertiary/aromatic N) is 1. The maximum absolute atomic E-state index is 9.23. The van der Waals surface area contributed by atoms with Gasteiger partial charge in [0.05, 0.1) is 11.2 Å². The molecule has 0 atom stereocenters. The van der Waals surface area contributed by atoms with Crippen molar-refractivity contribution in [3.63, 3.8) is 0 Å². The van der Waals surface area contributed by atoms with Gasteiger partial charge in [0.1, 0.15) is 5.49 Å². The van der Waals surface area contributed by atoms with Crippen LogP contribution in [0.25, 0.3) is 54.9 Å². The number of aromatic amines is 1. The Morgan fingerprint density at radius 1 is 0.580 bits per heavy atom. The maximum Gasteiger partial charge on any atom is 0.496 e. The van der Waals surface area contributed by atoms with Crippen LogP contribution in [0.4, 0.5) is 0 Å². The molecule has 2 heterocycles. The minimum atomic E-state index is -0.509. The molecule has 0 amide bonds. The molecule has 2 N–H and O–H groups in total. The lowest BCUT2D eigenvalue weighted by Gasteiger charge is -2.32. The molecule has 6 aromatic carbocycles. The predicted molar refractivity (Wildman–Crippen MR) is 207 cm³/mol. The molecule has 1 aliphatic heterocycles. The van der Waals surface area contributed by atoms with E-state index in [0.717, 1.165) is 66.0 Å². The van der Waals surface area contributed by atoms with Crippen LogP contribution in [0.5, 0.6) is 0 Å². The molecule has 1 fully saturated rings. The molecule has 5 nitrogen and oxygen atoms in total. The Morgan fingerprint density at radius 2 is 1.10 bits per heavy atom. The summed E-state index contributed by atoms with van der Waals surface area (Å²) in [6.45, 7) is 8.37. The first-order valence-electron chi connectivity index (χ1n) is 17.1. The lowest BCUT2D eigenvalue weighted by atomic mass is 9.71. The summed E-state index contributed by atoms with van der Waals surface area (Å²) in [5.41, 5.74) is 7.73. The van der Waals surface area contributed by atoms with Crippen LogP contribution < -0.4 is 11.0 Å². The zero-order valence-corrected chi connectivity index (χ0v) is 28.7. The van der Waals surface area contributed by atoms with Gasteiger partial charge in [0.15, 0.2) is 5.84 Å². The molecule has 0 unspecified atom stereocenters. The van der Waals surface area contributed by atoms with E-state index >= 15 is 0 Å². The molecular formula is C44H38BN3O2. The number of aromatic nitrogens is 1. The van der Waals surface area contributed by atoms with Crippen molar-refractivity contribution in [2.75, 3.05) is 0 Å². The standard InChI is InChI=1S/C44H38BN3O2/c1-43(2)44(3,4)50-45(49-43)40-36-24-13-11-22-34(36)39(35-23-12-14-25-37(35)40)31-20-15-21-32(26-31)41(46)48-42-38(30-18-9-6-10-19-30)27-33(28-47-42)29-16-7-5-8-17-29/h5-28H,1-4H3,(H2,46,47,48). The summed E-state index contributed by atoms with van der Waals surface area (Å²) in [6.07, 6.45) is 1.96. The second-order valence-corrected chi connectivity index (χ2v) is 13.9. The van der Waals surface area contributed by atoms with Gasteiger partial charge in [0.2, 0.25) is 0 Å². The van der Waals surface area contributed by atoms with Gasteiger partial charge in [-0.3, -0.25) is 5.41 Å². The van der Waals surface area contributed by atoms with Crippen molar-refractivity contribution in [3.05, 3.63) is 157 Å². The van der Waals surface area contributed by atoms with Gasteiger partial charge >= 0.3 is 7.12 Å². The fourth-order valence-electron chi connectivity index (χ4n) is 6.90. The van der Waals surface area contributed by atoms with Crippen molar-refractivity contribution in [3.8, 4) is 33.4 Å². The van der Waals surface area contributed by atoms with Crippen LogP contribution in [0.1, 0.15) is 33.3 Å². The summed E-state index contributed by atoms with van der Waals surface area (Å²) in [6, 6.07) is 47.8. The van der Waals surface area contributed by atoms with Crippen molar-refractivity contribution < 1.29 is 9.31 Å². The molecule has 1 aliphatic rings. The van der Waals surface area contributed by atoms with E-state index in [4.69, 9.17) is 14.3 Å². The fraction of sp³-hybridized carbons (Fsp3) is 0.136. The van der Waals surface area contributed by atoms with Crippen LogP contribution >= 0.6 is 0 Å². The van der Waals surface area contributed by atoms with Gasteiger partial charge in [-0.2, -0.15) is 0 Å². The van der Waals surface area contributed by atoms with Crippen LogP contribution in [0.3, 0.4) is 0 Å². The summed E-state index contributed by atoms with van der Waals surface area (Å²) >= 11 is 0. The number of H-pyrrole nitrogens is 1. The summed E-state index contributed by atoms with van der Waals surface area (Å²) in [7, 11) is -0.509. The number of benzene rings is 6. The zero-order valence-electron chi connectivity index (χ0n) is 28.7. The Kier molecular flexibility index (Phi) is 7.86.